The minimum atomic E-state index is -0.0995. The van der Waals surface area contributed by atoms with Crippen molar-refractivity contribution in [1.29, 1.82) is 0 Å². The number of hydrogen-bond acceptors (Lipinski definition) is 5. The van der Waals surface area contributed by atoms with Crippen LogP contribution in [-0.2, 0) is 0 Å². The second-order valence-corrected chi connectivity index (χ2v) is 8.39. The van der Waals surface area contributed by atoms with Gasteiger partial charge < -0.3 is 19.3 Å². The molecule has 0 N–H and O–H groups in total. The number of hydrogen-bond donors (Lipinski definition) is 0. The van der Waals surface area contributed by atoms with E-state index in [2.05, 4.69) is 11.9 Å². The number of carbonyl (C=O) groups is 2. The van der Waals surface area contributed by atoms with Crippen LogP contribution in [0.5, 0.6) is 11.5 Å². The Labute approximate surface area is 183 Å². The Bertz CT molecular complexity index is 927. The summed E-state index contributed by atoms with van der Waals surface area (Å²) in [4.78, 5) is 29.9. The van der Waals surface area contributed by atoms with Gasteiger partial charge in [0.1, 0.15) is 0 Å². The van der Waals surface area contributed by atoms with Crippen LogP contribution in [0.15, 0.2) is 42.5 Å². The normalized spacial score (nSPS) is 17.5. The van der Waals surface area contributed by atoms with Crippen LogP contribution in [0.1, 0.15) is 52.0 Å². The molecule has 2 aromatic rings. The van der Waals surface area contributed by atoms with Gasteiger partial charge in [-0.15, -0.1) is 0 Å². The van der Waals surface area contributed by atoms with Crippen LogP contribution >= 0.6 is 0 Å². The van der Waals surface area contributed by atoms with E-state index in [0.717, 1.165) is 39.0 Å². The van der Waals surface area contributed by atoms with E-state index >= 15 is 0 Å². The van der Waals surface area contributed by atoms with Crippen LogP contribution in [0.3, 0.4) is 0 Å². The zero-order valence-corrected chi connectivity index (χ0v) is 18.3. The number of amides is 1. The van der Waals surface area contributed by atoms with E-state index in [1.807, 2.05) is 4.90 Å². The summed E-state index contributed by atoms with van der Waals surface area (Å²) in [6.07, 6.45) is 4.59. The van der Waals surface area contributed by atoms with Crippen LogP contribution in [0.2, 0.25) is 0 Å². The molecule has 31 heavy (non-hydrogen) atoms. The largest absolute Gasteiger partial charge is 0.493 e. The molecule has 164 valence electrons. The van der Waals surface area contributed by atoms with Gasteiger partial charge in [0.05, 0.1) is 13.2 Å². The van der Waals surface area contributed by atoms with E-state index in [4.69, 9.17) is 9.47 Å². The Balaban J connectivity index is 1.48. The zero-order chi connectivity index (χ0) is 21.8. The summed E-state index contributed by atoms with van der Waals surface area (Å²) in [6, 6.07) is 12.2. The third-order valence-corrected chi connectivity index (χ3v) is 6.21. The summed E-state index contributed by atoms with van der Waals surface area (Å²) in [5.74, 6) is 1.17. The average molecular weight is 423 g/mol. The molecule has 0 aromatic heterocycles. The van der Waals surface area contributed by atoms with Gasteiger partial charge in [-0.25, -0.2) is 0 Å². The number of rotatable bonds is 6. The Morgan fingerprint density at radius 3 is 2.10 bits per heavy atom. The molecular formula is C25H30N2O4. The van der Waals surface area contributed by atoms with Crippen molar-refractivity contribution >= 4 is 11.7 Å². The minimum absolute atomic E-state index is 0.0174. The zero-order valence-electron chi connectivity index (χ0n) is 18.3. The fourth-order valence-electron chi connectivity index (χ4n) is 4.22. The smallest absolute Gasteiger partial charge is 0.253 e. The fraction of sp³-hybridized carbons (Fsp3) is 0.440. The van der Waals surface area contributed by atoms with Gasteiger partial charge in [-0.1, -0.05) is 12.1 Å². The molecular weight excluding hydrogens is 392 g/mol. The summed E-state index contributed by atoms with van der Waals surface area (Å²) in [7, 11) is 3.67. The Morgan fingerprint density at radius 1 is 0.839 bits per heavy atom. The second-order valence-electron chi connectivity index (χ2n) is 8.39. The van der Waals surface area contributed by atoms with Gasteiger partial charge in [-0.05, 0) is 63.1 Å². The summed E-state index contributed by atoms with van der Waals surface area (Å²) in [5.41, 5.74) is 1.71. The Hall–Kier alpha value is -2.86. The predicted molar refractivity (Wildman–Crippen MR) is 119 cm³/mol. The van der Waals surface area contributed by atoms with Crippen molar-refractivity contribution in [3.63, 3.8) is 0 Å². The van der Waals surface area contributed by atoms with Gasteiger partial charge in [-0.2, -0.15) is 0 Å². The number of likely N-dealkylation sites (N-methyl/N-ethyl adjacent to an activating group) is 1. The van der Waals surface area contributed by atoms with Gasteiger partial charge in [0.2, 0.25) is 0 Å². The number of piperazine rings is 1. The van der Waals surface area contributed by atoms with Crippen LogP contribution in [0, 0.1) is 0 Å². The number of methoxy groups -OCH3 is 1. The molecule has 2 aliphatic rings. The summed E-state index contributed by atoms with van der Waals surface area (Å²) < 4.78 is 11.5. The molecule has 0 unspecified atom stereocenters. The van der Waals surface area contributed by atoms with E-state index in [1.54, 1.807) is 49.6 Å². The fourth-order valence-corrected chi connectivity index (χ4v) is 4.22. The van der Waals surface area contributed by atoms with Gasteiger partial charge in [-0.3, -0.25) is 9.59 Å². The molecule has 1 saturated heterocycles. The van der Waals surface area contributed by atoms with Crippen LogP contribution in [0.25, 0.3) is 0 Å². The maximum atomic E-state index is 13.1. The van der Waals surface area contributed by atoms with Crippen LogP contribution in [0.4, 0.5) is 0 Å². The minimum Gasteiger partial charge on any atom is -0.493 e. The number of nitrogens with zero attached hydrogens (tertiary/aromatic N) is 2. The molecule has 0 radical (unpaired) electrons. The van der Waals surface area contributed by atoms with E-state index in [-0.39, 0.29) is 17.8 Å². The highest BCUT2D eigenvalue weighted by atomic mass is 16.5. The first-order valence-electron chi connectivity index (χ1n) is 11.0. The second kappa shape index (κ2) is 9.52. The lowest BCUT2D eigenvalue weighted by molar-refractivity contribution is 0.0664. The Morgan fingerprint density at radius 2 is 1.45 bits per heavy atom. The number of benzene rings is 2. The quantitative estimate of drug-likeness (QED) is 0.666. The van der Waals surface area contributed by atoms with Gasteiger partial charge >= 0.3 is 0 Å². The molecule has 0 atom stereocenters. The monoisotopic (exact) mass is 422 g/mol. The van der Waals surface area contributed by atoms with E-state index in [0.29, 0.717) is 28.2 Å². The molecule has 1 heterocycles. The first-order valence-corrected chi connectivity index (χ1v) is 11.0. The topological polar surface area (TPSA) is 59.1 Å². The van der Waals surface area contributed by atoms with Crippen molar-refractivity contribution in [3.05, 3.63) is 59.2 Å². The molecule has 2 fully saturated rings. The average Bonchev–Trinajstić information content (AvgIpc) is 3.32. The molecule has 0 bridgehead atoms. The summed E-state index contributed by atoms with van der Waals surface area (Å²) in [5, 5.41) is 0. The maximum Gasteiger partial charge on any atom is 0.253 e. The summed E-state index contributed by atoms with van der Waals surface area (Å²) >= 11 is 0. The third kappa shape index (κ3) is 4.90. The lowest BCUT2D eigenvalue weighted by Gasteiger charge is -2.32. The molecule has 6 heteroatoms. The highest BCUT2D eigenvalue weighted by Gasteiger charge is 2.22. The molecule has 0 spiro atoms. The number of ketones is 1. The standard InChI is InChI=1S/C25H30N2O4/c1-26-13-15-27(16-14-26)25(29)19-9-7-18(8-10-19)24(28)20-11-12-22(30-2)23(17-20)31-21-5-3-4-6-21/h7-12,17,21H,3-6,13-16H2,1-2H3. The number of carbonyl (C=O) groups excluding carboxylic acids is 2. The number of ether oxygens (including phenoxy) is 2. The molecule has 1 aliphatic carbocycles. The highest BCUT2D eigenvalue weighted by Crippen LogP contribution is 2.33. The van der Waals surface area contributed by atoms with Crippen molar-refractivity contribution in [1.82, 2.24) is 9.80 Å². The van der Waals surface area contributed by atoms with Crippen LogP contribution in [-0.4, -0.2) is 67.9 Å². The lowest BCUT2D eigenvalue weighted by Crippen LogP contribution is -2.47. The first-order chi connectivity index (χ1) is 15.0. The predicted octanol–water partition coefficient (Wildman–Crippen LogP) is 3.64. The first kappa shape index (κ1) is 21.4. The SMILES string of the molecule is COc1ccc(C(=O)c2ccc(C(=O)N3CCN(C)CC3)cc2)cc1OC1CCCC1. The van der Waals surface area contributed by atoms with Crippen molar-refractivity contribution in [3.8, 4) is 11.5 Å². The third-order valence-electron chi connectivity index (χ3n) is 6.21. The van der Waals surface area contributed by atoms with Crippen molar-refractivity contribution in [2.24, 2.45) is 0 Å². The molecule has 1 amide bonds. The molecule has 4 rings (SSSR count). The highest BCUT2D eigenvalue weighted by molar-refractivity contribution is 6.09. The van der Waals surface area contributed by atoms with E-state index in [9.17, 15) is 9.59 Å². The van der Waals surface area contributed by atoms with Gasteiger partial charge in [0.15, 0.2) is 17.3 Å². The van der Waals surface area contributed by atoms with E-state index < -0.39 is 0 Å². The van der Waals surface area contributed by atoms with E-state index in [1.165, 1.54) is 12.8 Å². The summed E-state index contributed by atoms with van der Waals surface area (Å²) in [6.45, 7) is 3.22. The van der Waals surface area contributed by atoms with Gasteiger partial charge in [0, 0.05) is 42.9 Å². The molecule has 2 aromatic carbocycles. The Kier molecular flexibility index (Phi) is 6.56. The van der Waals surface area contributed by atoms with Crippen molar-refractivity contribution in [2.75, 3.05) is 40.3 Å². The lowest BCUT2D eigenvalue weighted by atomic mass is 10.0. The molecule has 6 nitrogen and oxygen atoms in total. The molecule has 1 saturated carbocycles. The van der Waals surface area contributed by atoms with Crippen molar-refractivity contribution in [2.45, 2.75) is 31.8 Å². The van der Waals surface area contributed by atoms with Gasteiger partial charge in [0.25, 0.3) is 5.91 Å². The van der Waals surface area contributed by atoms with Crippen molar-refractivity contribution < 1.29 is 19.1 Å². The van der Waals surface area contributed by atoms with Crippen LogP contribution < -0.4 is 9.47 Å². The maximum absolute atomic E-state index is 13.1. The molecule has 1 aliphatic heterocycles.